The minimum absolute atomic E-state index is 0.0350. The van der Waals surface area contributed by atoms with E-state index in [-0.39, 0.29) is 18.3 Å². The Labute approximate surface area is 70.0 Å². The summed E-state index contributed by atoms with van der Waals surface area (Å²) in [6, 6.07) is 0. The quantitative estimate of drug-likeness (QED) is 0.651. The van der Waals surface area contributed by atoms with Crippen LogP contribution in [0, 0.1) is 11.3 Å². The molecule has 2 saturated carbocycles. The van der Waals surface area contributed by atoms with Gasteiger partial charge in [0.15, 0.2) is 0 Å². The van der Waals surface area contributed by atoms with Crippen molar-refractivity contribution in [2.45, 2.75) is 31.6 Å². The lowest BCUT2D eigenvalue weighted by atomic mass is 9.50. The van der Waals surface area contributed by atoms with Crippen molar-refractivity contribution in [2.75, 3.05) is 6.61 Å². The SMILES string of the molecule is NOCC1CC2(C1)CC(F)(F)C2. The van der Waals surface area contributed by atoms with Crippen LogP contribution < -0.4 is 5.90 Å². The van der Waals surface area contributed by atoms with E-state index in [0.717, 1.165) is 12.8 Å². The monoisotopic (exact) mass is 177 g/mol. The Bertz CT molecular complexity index is 179. The molecule has 0 aromatic rings. The number of hydrogen-bond donors (Lipinski definition) is 1. The number of alkyl halides is 2. The highest BCUT2D eigenvalue weighted by Crippen LogP contribution is 2.64. The van der Waals surface area contributed by atoms with E-state index in [9.17, 15) is 8.78 Å². The van der Waals surface area contributed by atoms with Crippen LogP contribution in [-0.2, 0) is 4.84 Å². The smallest absolute Gasteiger partial charge is 0.249 e. The van der Waals surface area contributed by atoms with Crippen LogP contribution in [0.3, 0.4) is 0 Å². The van der Waals surface area contributed by atoms with Gasteiger partial charge in [0, 0.05) is 12.8 Å². The van der Waals surface area contributed by atoms with Crippen molar-refractivity contribution in [3.05, 3.63) is 0 Å². The van der Waals surface area contributed by atoms with Crippen molar-refractivity contribution in [3.8, 4) is 0 Å². The lowest BCUT2D eigenvalue weighted by molar-refractivity contribution is -0.212. The zero-order valence-electron chi connectivity index (χ0n) is 6.85. The van der Waals surface area contributed by atoms with Gasteiger partial charge in [0.05, 0.1) is 6.61 Å². The van der Waals surface area contributed by atoms with Gasteiger partial charge in [-0.1, -0.05) is 0 Å². The van der Waals surface area contributed by atoms with Gasteiger partial charge in [-0.05, 0) is 24.2 Å². The molecule has 2 aliphatic carbocycles. The van der Waals surface area contributed by atoms with Crippen LogP contribution in [0.4, 0.5) is 8.78 Å². The minimum atomic E-state index is -2.38. The molecule has 2 N–H and O–H groups in total. The van der Waals surface area contributed by atoms with Crippen molar-refractivity contribution < 1.29 is 13.6 Å². The molecule has 2 nitrogen and oxygen atoms in total. The van der Waals surface area contributed by atoms with Gasteiger partial charge in [0.25, 0.3) is 0 Å². The second-order valence-corrected chi connectivity index (χ2v) is 4.32. The molecule has 0 aliphatic heterocycles. The molecule has 12 heavy (non-hydrogen) atoms. The molecule has 0 aromatic heterocycles. The molecule has 0 atom stereocenters. The molecule has 4 heteroatoms. The van der Waals surface area contributed by atoms with E-state index in [0.29, 0.717) is 12.5 Å². The third-order valence-corrected chi connectivity index (χ3v) is 3.04. The molecule has 0 heterocycles. The summed E-state index contributed by atoms with van der Waals surface area (Å²) in [4.78, 5) is 4.47. The van der Waals surface area contributed by atoms with Gasteiger partial charge >= 0.3 is 0 Å². The Kier molecular flexibility index (Phi) is 1.67. The Morgan fingerprint density at radius 1 is 1.33 bits per heavy atom. The van der Waals surface area contributed by atoms with Gasteiger partial charge in [0.1, 0.15) is 0 Å². The summed E-state index contributed by atoms with van der Waals surface area (Å²) in [6.07, 6.45) is 1.92. The fourth-order valence-corrected chi connectivity index (χ4v) is 2.75. The lowest BCUT2D eigenvalue weighted by Gasteiger charge is -2.57. The van der Waals surface area contributed by atoms with E-state index < -0.39 is 5.92 Å². The maximum absolute atomic E-state index is 12.5. The molecule has 2 aliphatic rings. The molecule has 0 saturated heterocycles. The van der Waals surface area contributed by atoms with Gasteiger partial charge in [-0.2, -0.15) is 0 Å². The lowest BCUT2D eigenvalue weighted by Crippen LogP contribution is -2.54. The van der Waals surface area contributed by atoms with E-state index in [1.54, 1.807) is 0 Å². The third kappa shape index (κ3) is 1.23. The van der Waals surface area contributed by atoms with E-state index in [4.69, 9.17) is 5.90 Å². The fourth-order valence-electron chi connectivity index (χ4n) is 2.75. The molecule has 2 fully saturated rings. The van der Waals surface area contributed by atoms with E-state index >= 15 is 0 Å². The first-order chi connectivity index (χ1) is 5.55. The largest absolute Gasteiger partial charge is 0.304 e. The third-order valence-electron chi connectivity index (χ3n) is 3.04. The first kappa shape index (κ1) is 8.38. The van der Waals surface area contributed by atoms with Crippen LogP contribution in [0.15, 0.2) is 0 Å². The van der Waals surface area contributed by atoms with Crippen LogP contribution in [0.2, 0.25) is 0 Å². The highest BCUT2D eigenvalue weighted by molar-refractivity contribution is 5.06. The zero-order chi connectivity index (χ0) is 8.82. The minimum Gasteiger partial charge on any atom is -0.304 e. The maximum atomic E-state index is 12.5. The standard InChI is InChI=1S/C8H13F2NO/c9-8(10)4-7(5-8)1-6(2-7)3-12-11/h6H,1-5,11H2. The van der Waals surface area contributed by atoms with Crippen LogP contribution in [-0.4, -0.2) is 12.5 Å². The maximum Gasteiger partial charge on any atom is 0.249 e. The van der Waals surface area contributed by atoms with E-state index in [1.165, 1.54) is 0 Å². The highest BCUT2D eigenvalue weighted by Gasteiger charge is 2.61. The molecule has 70 valence electrons. The number of halogens is 2. The van der Waals surface area contributed by atoms with Crippen LogP contribution >= 0.6 is 0 Å². The summed E-state index contributed by atoms with van der Waals surface area (Å²) in [6.45, 7) is 0.521. The van der Waals surface area contributed by atoms with Crippen LogP contribution in [0.1, 0.15) is 25.7 Å². The van der Waals surface area contributed by atoms with Crippen molar-refractivity contribution >= 4 is 0 Å². The summed E-state index contributed by atoms with van der Waals surface area (Å²) >= 11 is 0. The first-order valence-corrected chi connectivity index (χ1v) is 4.25. The zero-order valence-corrected chi connectivity index (χ0v) is 6.85. The topological polar surface area (TPSA) is 35.2 Å². The first-order valence-electron chi connectivity index (χ1n) is 4.25. The van der Waals surface area contributed by atoms with Crippen molar-refractivity contribution in [2.24, 2.45) is 17.2 Å². The number of nitrogens with two attached hydrogens (primary N) is 1. The molecule has 0 amide bonds. The fraction of sp³-hybridized carbons (Fsp3) is 1.00. The number of rotatable bonds is 2. The van der Waals surface area contributed by atoms with Gasteiger partial charge in [-0.15, -0.1) is 0 Å². The molecular weight excluding hydrogens is 164 g/mol. The van der Waals surface area contributed by atoms with Gasteiger partial charge in [0.2, 0.25) is 5.92 Å². The Balaban J connectivity index is 1.76. The Morgan fingerprint density at radius 3 is 2.33 bits per heavy atom. The molecular formula is C8H13F2NO. The summed E-state index contributed by atoms with van der Waals surface area (Å²) in [7, 11) is 0. The molecule has 1 spiro atoms. The molecule has 2 rings (SSSR count). The molecule has 0 radical (unpaired) electrons. The van der Waals surface area contributed by atoms with Gasteiger partial charge < -0.3 is 4.84 Å². The number of hydrogen-bond acceptors (Lipinski definition) is 2. The van der Waals surface area contributed by atoms with Crippen LogP contribution in [0.5, 0.6) is 0 Å². The second kappa shape index (κ2) is 2.39. The Morgan fingerprint density at radius 2 is 1.92 bits per heavy atom. The predicted molar refractivity (Wildman–Crippen MR) is 39.5 cm³/mol. The van der Waals surface area contributed by atoms with Crippen molar-refractivity contribution in [1.82, 2.24) is 0 Å². The van der Waals surface area contributed by atoms with E-state index in [2.05, 4.69) is 4.84 Å². The summed E-state index contributed by atoms with van der Waals surface area (Å²) in [5, 5.41) is 0. The van der Waals surface area contributed by atoms with Crippen molar-refractivity contribution in [1.29, 1.82) is 0 Å². The van der Waals surface area contributed by atoms with Gasteiger partial charge in [-0.25, -0.2) is 14.7 Å². The summed E-state index contributed by atoms with van der Waals surface area (Å²) < 4.78 is 25.0. The van der Waals surface area contributed by atoms with Gasteiger partial charge in [-0.3, -0.25) is 0 Å². The van der Waals surface area contributed by atoms with Crippen LogP contribution in [0.25, 0.3) is 0 Å². The molecule has 0 unspecified atom stereocenters. The van der Waals surface area contributed by atoms with Crippen molar-refractivity contribution in [3.63, 3.8) is 0 Å². The summed E-state index contributed by atoms with van der Waals surface area (Å²) in [5.41, 5.74) is -0.0350. The molecule has 0 bridgehead atoms. The predicted octanol–water partition coefficient (Wildman–Crippen LogP) is 1.70. The Hall–Kier alpha value is -0.220. The second-order valence-electron chi connectivity index (χ2n) is 4.32. The van der Waals surface area contributed by atoms with E-state index in [1.807, 2.05) is 0 Å². The average molecular weight is 177 g/mol. The molecule has 0 aromatic carbocycles. The summed E-state index contributed by atoms with van der Waals surface area (Å²) in [5.74, 6) is 2.93. The normalized spacial score (nSPS) is 31.2. The average Bonchev–Trinajstić information content (AvgIpc) is 1.80. The highest BCUT2D eigenvalue weighted by atomic mass is 19.3.